The van der Waals surface area contributed by atoms with E-state index < -0.39 is 21.7 Å². The highest BCUT2D eigenvalue weighted by molar-refractivity contribution is 7.90. The van der Waals surface area contributed by atoms with Gasteiger partial charge in [0, 0.05) is 18.8 Å². The molecule has 0 amide bonds. The van der Waals surface area contributed by atoms with E-state index in [1.807, 2.05) is 0 Å². The van der Waals surface area contributed by atoms with Gasteiger partial charge in [-0.2, -0.15) is 0 Å². The molecule has 0 aliphatic carbocycles. The number of sulfone groups is 1. The van der Waals surface area contributed by atoms with Gasteiger partial charge in [0.25, 0.3) is 0 Å². The second-order valence-corrected chi connectivity index (χ2v) is 6.72. The zero-order valence-corrected chi connectivity index (χ0v) is 11.1. The molecule has 6 nitrogen and oxygen atoms in total. The van der Waals surface area contributed by atoms with Crippen molar-refractivity contribution in [3.63, 3.8) is 0 Å². The first kappa shape index (κ1) is 13.8. The van der Waals surface area contributed by atoms with Gasteiger partial charge in [-0.05, 0) is 24.1 Å². The number of hydrogen-bond donors (Lipinski definition) is 3. The first-order chi connectivity index (χ1) is 8.79. The third-order valence-corrected chi connectivity index (χ3v) is 4.41. The Labute approximate surface area is 111 Å². The fraction of sp³-hybridized carbons (Fsp3) is 0.417. The molecule has 0 radical (unpaired) electrons. The smallest absolute Gasteiger partial charge is 0.307 e. The van der Waals surface area contributed by atoms with E-state index in [9.17, 15) is 18.3 Å². The number of benzene rings is 1. The van der Waals surface area contributed by atoms with Crippen LogP contribution in [0.3, 0.4) is 0 Å². The second-order valence-electron chi connectivity index (χ2n) is 4.73. The minimum absolute atomic E-state index is 0.121. The van der Waals surface area contributed by atoms with E-state index in [0.29, 0.717) is 18.5 Å². The Hall–Kier alpha value is -1.60. The van der Waals surface area contributed by atoms with Gasteiger partial charge in [-0.15, -0.1) is 0 Å². The lowest BCUT2D eigenvalue weighted by Crippen LogP contribution is -2.17. The summed E-state index contributed by atoms with van der Waals surface area (Å²) in [6.07, 6.45) is 1.45. The zero-order valence-electron chi connectivity index (χ0n) is 10.3. The molecule has 1 fully saturated rings. The van der Waals surface area contributed by atoms with E-state index in [1.165, 1.54) is 12.1 Å². The maximum Gasteiger partial charge on any atom is 0.307 e. The van der Waals surface area contributed by atoms with E-state index in [-0.39, 0.29) is 16.7 Å². The number of aromatic hydroxyl groups is 1. The predicted octanol–water partition coefficient (Wildman–Crippen LogP) is 0.531. The molecular weight excluding hydrogens is 270 g/mol. The van der Waals surface area contributed by atoms with Crippen LogP contribution < -0.4 is 5.32 Å². The molecule has 0 bridgehead atoms. The van der Waals surface area contributed by atoms with Gasteiger partial charge < -0.3 is 15.5 Å². The molecule has 0 spiro atoms. The topological polar surface area (TPSA) is 104 Å². The quantitative estimate of drug-likeness (QED) is 0.748. The average Bonchev–Trinajstić information content (AvgIpc) is 2.76. The highest BCUT2D eigenvalue weighted by atomic mass is 32.2. The Bertz CT molecular complexity index is 611. The van der Waals surface area contributed by atoms with Crippen molar-refractivity contribution >= 4 is 15.8 Å². The average molecular weight is 285 g/mol. The van der Waals surface area contributed by atoms with Gasteiger partial charge >= 0.3 is 5.97 Å². The van der Waals surface area contributed by atoms with Crippen LogP contribution in [0.25, 0.3) is 0 Å². The molecule has 1 aliphatic heterocycles. The normalized spacial score (nSPS) is 23.4. The summed E-state index contributed by atoms with van der Waals surface area (Å²) in [6, 6.07) is 4.13. The van der Waals surface area contributed by atoms with Crippen LogP contribution in [0.15, 0.2) is 23.1 Å². The van der Waals surface area contributed by atoms with Crippen LogP contribution in [-0.4, -0.2) is 37.4 Å². The summed E-state index contributed by atoms with van der Waals surface area (Å²) in [7, 11) is -3.46. The summed E-state index contributed by atoms with van der Waals surface area (Å²) in [5.74, 6) is -1.62. The van der Waals surface area contributed by atoms with Crippen LogP contribution in [0.4, 0.5) is 0 Å². The van der Waals surface area contributed by atoms with Gasteiger partial charge in [0.15, 0.2) is 9.84 Å². The van der Waals surface area contributed by atoms with Crippen LogP contribution in [0.5, 0.6) is 5.75 Å². The first-order valence-electron chi connectivity index (χ1n) is 5.78. The van der Waals surface area contributed by atoms with Crippen LogP contribution in [-0.2, 0) is 14.6 Å². The summed E-state index contributed by atoms with van der Waals surface area (Å²) < 4.78 is 22.7. The fourth-order valence-corrected chi connectivity index (χ4v) is 3.00. The van der Waals surface area contributed by atoms with Crippen LogP contribution in [0.1, 0.15) is 18.0 Å². The van der Waals surface area contributed by atoms with Crippen LogP contribution in [0.2, 0.25) is 0 Å². The Kier molecular flexibility index (Phi) is 3.51. The highest BCUT2D eigenvalue weighted by Gasteiger charge is 2.30. The molecular formula is C12H15NO5S. The number of carboxylic acid groups (broad SMARTS) is 1. The molecule has 0 aromatic heterocycles. The van der Waals surface area contributed by atoms with Crippen molar-refractivity contribution in [1.82, 2.24) is 5.32 Å². The fourth-order valence-electron chi connectivity index (χ4n) is 2.24. The first-order valence-corrected chi connectivity index (χ1v) is 7.67. The van der Waals surface area contributed by atoms with Gasteiger partial charge in [0.05, 0.1) is 5.92 Å². The lowest BCUT2D eigenvalue weighted by molar-refractivity contribution is -0.141. The van der Waals surface area contributed by atoms with Crippen molar-refractivity contribution in [2.75, 3.05) is 12.8 Å². The molecule has 1 saturated heterocycles. The van der Waals surface area contributed by atoms with E-state index in [4.69, 9.17) is 5.11 Å². The molecule has 0 saturated carbocycles. The van der Waals surface area contributed by atoms with Crippen molar-refractivity contribution in [3.05, 3.63) is 23.8 Å². The summed E-state index contributed by atoms with van der Waals surface area (Å²) in [6.45, 7) is 0.370. The van der Waals surface area contributed by atoms with Crippen LogP contribution >= 0.6 is 0 Å². The summed E-state index contributed by atoms with van der Waals surface area (Å²) in [5.41, 5.74) is 0.689. The van der Waals surface area contributed by atoms with Gasteiger partial charge in [-0.3, -0.25) is 4.79 Å². The van der Waals surface area contributed by atoms with Crippen molar-refractivity contribution in [1.29, 1.82) is 0 Å². The highest BCUT2D eigenvalue weighted by Crippen LogP contribution is 2.31. The minimum Gasteiger partial charge on any atom is -0.507 e. The number of carbonyl (C=O) groups is 1. The number of nitrogens with one attached hydrogen (secondary N) is 1. The van der Waals surface area contributed by atoms with E-state index in [1.54, 1.807) is 6.07 Å². The van der Waals surface area contributed by atoms with Crippen molar-refractivity contribution in [2.45, 2.75) is 17.4 Å². The van der Waals surface area contributed by atoms with Crippen molar-refractivity contribution in [3.8, 4) is 5.75 Å². The third-order valence-electron chi connectivity index (χ3n) is 3.26. The molecule has 1 aliphatic rings. The van der Waals surface area contributed by atoms with Crippen molar-refractivity contribution < 1.29 is 23.4 Å². The molecule has 2 unspecified atom stereocenters. The number of hydrogen-bond acceptors (Lipinski definition) is 5. The van der Waals surface area contributed by atoms with E-state index >= 15 is 0 Å². The molecule has 19 heavy (non-hydrogen) atoms. The largest absolute Gasteiger partial charge is 0.507 e. The number of phenolic OH excluding ortho intramolecular Hbond substituents is 1. The lowest BCUT2D eigenvalue weighted by Gasteiger charge is -2.12. The van der Waals surface area contributed by atoms with Crippen LogP contribution in [0, 0.1) is 5.92 Å². The number of carboxylic acids is 1. The molecule has 2 rings (SSSR count). The summed E-state index contributed by atoms with van der Waals surface area (Å²) >= 11 is 0. The van der Waals surface area contributed by atoms with Gasteiger partial charge in [0.1, 0.15) is 10.6 Å². The molecule has 2 atom stereocenters. The van der Waals surface area contributed by atoms with E-state index in [0.717, 1.165) is 6.26 Å². The molecule has 1 aromatic carbocycles. The Morgan fingerprint density at radius 3 is 2.58 bits per heavy atom. The van der Waals surface area contributed by atoms with Gasteiger partial charge in [-0.1, -0.05) is 6.07 Å². The standard InChI is InChI=1S/C12H15NO5S/c1-19(17,18)11-3-2-7(5-10(11)14)9-4-8(6-13-9)12(15)16/h2-3,5,8-9,13-14H,4,6H2,1H3,(H,15,16). The predicted molar refractivity (Wildman–Crippen MR) is 67.7 cm³/mol. The SMILES string of the molecule is CS(=O)(=O)c1ccc(C2CC(C(=O)O)CN2)cc1O. The number of phenols is 1. The molecule has 7 heteroatoms. The lowest BCUT2D eigenvalue weighted by atomic mass is 10.00. The maximum absolute atomic E-state index is 11.4. The number of aliphatic carboxylic acids is 1. The Morgan fingerprint density at radius 1 is 1.42 bits per heavy atom. The monoisotopic (exact) mass is 285 g/mol. The zero-order chi connectivity index (χ0) is 14.2. The van der Waals surface area contributed by atoms with E-state index in [2.05, 4.69) is 5.32 Å². The number of rotatable bonds is 3. The molecule has 3 N–H and O–H groups in total. The molecule has 1 heterocycles. The third kappa shape index (κ3) is 2.87. The Balaban J connectivity index is 2.25. The van der Waals surface area contributed by atoms with Gasteiger partial charge in [0.2, 0.25) is 0 Å². The van der Waals surface area contributed by atoms with Crippen molar-refractivity contribution in [2.24, 2.45) is 5.92 Å². The minimum atomic E-state index is -3.46. The molecule has 1 aromatic rings. The summed E-state index contributed by atoms with van der Waals surface area (Å²) in [5, 5.41) is 21.7. The second kappa shape index (κ2) is 4.82. The molecule has 104 valence electrons. The summed E-state index contributed by atoms with van der Waals surface area (Å²) in [4.78, 5) is 10.7. The Morgan fingerprint density at radius 2 is 2.11 bits per heavy atom. The van der Waals surface area contributed by atoms with Gasteiger partial charge in [-0.25, -0.2) is 8.42 Å². The maximum atomic E-state index is 11.4.